The Morgan fingerprint density at radius 1 is 0.345 bits per heavy atom. The van der Waals surface area contributed by atoms with Crippen LogP contribution >= 0.6 is 0 Å². The number of hydrogen-bond acceptors (Lipinski definition) is 3. The number of aromatic nitrogens is 3. The van der Waals surface area contributed by atoms with Gasteiger partial charge in [0.1, 0.15) is 0 Å². The predicted octanol–water partition coefficient (Wildman–Crippen LogP) is 14.1. The maximum atomic E-state index is 5.26. The van der Waals surface area contributed by atoms with Crippen LogP contribution in [-0.4, -0.2) is 15.0 Å². The molecule has 11 aromatic rings. The quantitative estimate of drug-likeness (QED) is 0.160. The third-order valence-electron chi connectivity index (χ3n) is 11.2. The van der Waals surface area contributed by atoms with Gasteiger partial charge in [-0.1, -0.05) is 164 Å². The largest absolute Gasteiger partial charge is 0.263 e. The lowest BCUT2D eigenvalue weighted by Gasteiger charge is -2.13. The molecule has 9 aromatic carbocycles. The van der Waals surface area contributed by atoms with E-state index in [1.807, 2.05) is 24.5 Å². The van der Waals surface area contributed by atoms with Crippen molar-refractivity contribution in [2.75, 3.05) is 0 Å². The SMILES string of the molecule is c1ccc2cncc(-c3ccc(-c4cc(-c5cccc(-c6cc7ccccc7c7ccccc67)c5)nc(-c5ccc(-c6ccc7ccccc7c6)cc5)n4)cc3)c2c#1. The Labute approximate surface area is 336 Å². The van der Waals surface area contributed by atoms with Gasteiger partial charge in [0.2, 0.25) is 0 Å². The molecule has 11 rings (SSSR count). The molecule has 0 atom stereocenters. The number of fused-ring (bicyclic) bond motifs is 5. The molecule has 0 aliphatic rings. The van der Waals surface area contributed by atoms with Crippen molar-refractivity contribution in [1.82, 2.24) is 15.0 Å². The first-order valence-corrected chi connectivity index (χ1v) is 19.5. The number of hydrogen-bond donors (Lipinski definition) is 0. The summed E-state index contributed by atoms with van der Waals surface area (Å²) in [6.07, 6.45) is 3.77. The first kappa shape index (κ1) is 33.4. The van der Waals surface area contributed by atoms with Gasteiger partial charge in [0, 0.05) is 45.4 Å². The van der Waals surface area contributed by atoms with E-state index in [0.717, 1.165) is 61.1 Å². The lowest BCUT2D eigenvalue weighted by Crippen LogP contribution is -1.96. The summed E-state index contributed by atoms with van der Waals surface area (Å²) in [5, 5.41) is 9.46. The molecule has 0 saturated heterocycles. The molecule has 2 heterocycles. The number of benzene rings is 8. The Kier molecular flexibility index (Phi) is 8.05. The predicted molar refractivity (Wildman–Crippen MR) is 240 cm³/mol. The van der Waals surface area contributed by atoms with E-state index >= 15 is 0 Å². The molecule has 0 unspecified atom stereocenters. The van der Waals surface area contributed by atoms with E-state index in [9.17, 15) is 0 Å². The minimum atomic E-state index is 0.673. The Bertz CT molecular complexity index is 3320. The Morgan fingerprint density at radius 2 is 1.00 bits per heavy atom. The van der Waals surface area contributed by atoms with Crippen LogP contribution in [0.1, 0.15) is 0 Å². The zero-order valence-corrected chi connectivity index (χ0v) is 31.4. The highest BCUT2D eigenvalue weighted by Crippen LogP contribution is 2.38. The summed E-state index contributed by atoms with van der Waals surface area (Å²) in [5.41, 5.74) is 11.4. The van der Waals surface area contributed by atoms with Crippen LogP contribution in [0.25, 0.3) is 110 Å². The molecule has 2 aromatic heterocycles. The average Bonchev–Trinajstić information content (AvgIpc) is 3.31. The monoisotopic (exact) mass is 735 g/mol. The third-order valence-corrected chi connectivity index (χ3v) is 11.2. The van der Waals surface area contributed by atoms with Gasteiger partial charge in [-0.3, -0.25) is 4.98 Å². The standard InChI is InChI=1S/C55H33N3/c1-2-11-41-30-42(29-22-36(41)10-1)37-20-27-40(28-21-37)55-57-53(39-25-23-38(24-26-39)52-35-56-34-46-13-4-6-17-48(46)52)33-54(58-55)45-15-9-14-43(31-45)51-32-44-12-3-5-16-47(44)49-18-7-8-19-50(49)51/h1-5,7-16,18-35H. The van der Waals surface area contributed by atoms with E-state index in [1.54, 1.807) is 0 Å². The molecule has 0 fully saturated rings. The van der Waals surface area contributed by atoms with E-state index in [-0.39, 0.29) is 0 Å². The van der Waals surface area contributed by atoms with Gasteiger partial charge < -0.3 is 0 Å². The Hall–Kier alpha value is -7.93. The highest BCUT2D eigenvalue weighted by Gasteiger charge is 2.15. The molecule has 3 heteroatoms. The van der Waals surface area contributed by atoms with Gasteiger partial charge in [0.05, 0.1) is 11.4 Å². The molecule has 0 saturated carbocycles. The highest BCUT2D eigenvalue weighted by molar-refractivity contribution is 6.14. The van der Waals surface area contributed by atoms with Gasteiger partial charge in [-0.2, -0.15) is 0 Å². The molecule has 0 spiro atoms. The fraction of sp³-hybridized carbons (Fsp3) is 0. The van der Waals surface area contributed by atoms with E-state index in [2.05, 4.69) is 193 Å². The van der Waals surface area contributed by atoms with E-state index < -0.39 is 0 Å². The van der Waals surface area contributed by atoms with Crippen molar-refractivity contribution >= 4 is 43.1 Å². The lowest BCUT2D eigenvalue weighted by molar-refractivity contribution is 1.18. The van der Waals surface area contributed by atoms with Crippen LogP contribution in [-0.2, 0) is 0 Å². The summed E-state index contributed by atoms with van der Waals surface area (Å²) in [4.78, 5) is 15.0. The van der Waals surface area contributed by atoms with Crippen molar-refractivity contribution in [3.05, 3.63) is 213 Å². The van der Waals surface area contributed by atoms with Crippen molar-refractivity contribution in [2.45, 2.75) is 0 Å². The summed E-state index contributed by atoms with van der Waals surface area (Å²) in [6, 6.07) is 73.0. The van der Waals surface area contributed by atoms with Gasteiger partial charge in [0.15, 0.2) is 5.82 Å². The molecule has 0 aliphatic carbocycles. The van der Waals surface area contributed by atoms with Gasteiger partial charge in [-0.15, -0.1) is 0 Å². The van der Waals surface area contributed by atoms with Gasteiger partial charge >= 0.3 is 0 Å². The topological polar surface area (TPSA) is 38.7 Å². The molecule has 0 radical (unpaired) electrons. The van der Waals surface area contributed by atoms with Crippen molar-refractivity contribution in [3.63, 3.8) is 0 Å². The average molecular weight is 736 g/mol. The molecular weight excluding hydrogens is 703 g/mol. The zero-order chi connectivity index (χ0) is 38.4. The van der Waals surface area contributed by atoms with Crippen LogP contribution in [0, 0.1) is 12.1 Å². The fourth-order valence-electron chi connectivity index (χ4n) is 8.22. The lowest BCUT2D eigenvalue weighted by atomic mass is 9.92. The second-order valence-corrected chi connectivity index (χ2v) is 14.7. The Morgan fingerprint density at radius 3 is 1.84 bits per heavy atom. The number of nitrogens with zero attached hydrogens (tertiary/aromatic N) is 3. The molecule has 58 heavy (non-hydrogen) atoms. The van der Waals surface area contributed by atoms with Gasteiger partial charge in [0.25, 0.3) is 0 Å². The van der Waals surface area contributed by atoms with Crippen LogP contribution in [0.2, 0.25) is 0 Å². The van der Waals surface area contributed by atoms with Gasteiger partial charge in [-0.05, 0) is 96.5 Å². The van der Waals surface area contributed by atoms with Crippen molar-refractivity contribution < 1.29 is 0 Å². The zero-order valence-electron chi connectivity index (χ0n) is 31.4. The van der Waals surface area contributed by atoms with E-state index in [4.69, 9.17) is 9.97 Å². The Balaban J connectivity index is 1.03. The smallest absolute Gasteiger partial charge is 0.160 e. The number of pyridine rings is 1. The van der Waals surface area contributed by atoms with E-state index in [1.165, 1.54) is 43.4 Å². The molecular formula is C55H33N3. The van der Waals surface area contributed by atoms with Gasteiger partial charge in [-0.25, -0.2) is 9.97 Å². The van der Waals surface area contributed by atoms with Crippen LogP contribution in [0.3, 0.4) is 0 Å². The molecule has 0 aliphatic heterocycles. The van der Waals surface area contributed by atoms with E-state index in [0.29, 0.717) is 5.82 Å². The summed E-state index contributed by atoms with van der Waals surface area (Å²) < 4.78 is 0. The summed E-state index contributed by atoms with van der Waals surface area (Å²) in [6.45, 7) is 0. The molecule has 0 amide bonds. The number of rotatable bonds is 6. The summed E-state index contributed by atoms with van der Waals surface area (Å²) in [7, 11) is 0. The highest BCUT2D eigenvalue weighted by atomic mass is 14.9. The molecule has 3 nitrogen and oxygen atoms in total. The second-order valence-electron chi connectivity index (χ2n) is 14.7. The van der Waals surface area contributed by atoms with Crippen LogP contribution in [0.4, 0.5) is 0 Å². The van der Waals surface area contributed by atoms with Crippen molar-refractivity contribution in [1.29, 1.82) is 0 Å². The fourth-order valence-corrected chi connectivity index (χ4v) is 8.22. The molecule has 0 bridgehead atoms. The van der Waals surface area contributed by atoms with Crippen LogP contribution < -0.4 is 0 Å². The van der Waals surface area contributed by atoms with Crippen molar-refractivity contribution in [3.8, 4) is 67.3 Å². The summed E-state index contributed by atoms with van der Waals surface area (Å²) in [5.74, 6) is 0.673. The first-order valence-electron chi connectivity index (χ1n) is 19.5. The summed E-state index contributed by atoms with van der Waals surface area (Å²) >= 11 is 0. The third kappa shape index (κ3) is 6.01. The van der Waals surface area contributed by atoms with Crippen molar-refractivity contribution in [2.24, 2.45) is 0 Å². The minimum Gasteiger partial charge on any atom is -0.263 e. The second kappa shape index (κ2) is 14.0. The first-order chi connectivity index (χ1) is 28.7. The maximum absolute atomic E-state index is 5.26. The van der Waals surface area contributed by atoms with Crippen LogP contribution in [0.5, 0.6) is 0 Å². The molecule has 268 valence electrons. The van der Waals surface area contributed by atoms with Crippen LogP contribution in [0.15, 0.2) is 200 Å². The molecule has 0 N–H and O–H groups in total. The maximum Gasteiger partial charge on any atom is 0.160 e. The minimum absolute atomic E-state index is 0.673. The normalized spacial score (nSPS) is 11.3.